The SMILES string of the molecule is Cc1c(C(=O)O)sc2nc(Cc3ccc([N+](=O)[O-])cc3)n(CCCC(=O)O)c(=O)c12. The number of aliphatic carboxylic acids is 1. The number of carboxylic acids is 2. The van der Waals surface area contributed by atoms with Crippen molar-refractivity contribution >= 4 is 39.2 Å². The molecule has 0 bridgehead atoms. The van der Waals surface area contributed by atoms with E-state index in [0.29, 0.717) is 21.8 Å². The van der Waals surface area contributed by atoms with Gasteiger partial charge in [-0.3, -0.25) is 24.3 Å². The van der Waals surface area contributed by atoms with Gasteiger partial charge in [0.1, 0.15) is 15.5 Å². The number of hydrogen-bond acceptors (Lipinski definition) is 7. The average Bonchev–Trinajstić information content (AvgIpc) is 3.01. The highest BCUT2D eigenvalue weighted by Crippen LogP contribution is 2.28. The molecule has 0 aliphatic heterocycles. The topological polar surface area (TPSA) is 153 Å². The van der Waals surface area contributed by atoms with E-state index < -0.39 is 22.4 Å². The first-order valence-corrected chi connectivity index (χ1v) is 9.72. The molecule has 0 spiro atoms. The molecule has 0 aliphatic carbocycles. The number of aromatic nitrogens is 2. The molecule has 0 saturated heterocycles. The molecule has 0 atom stereocenters. The van der Waals surface area contributed by atoms with Gasteiger partial charge in [-0.25, -0.2) is 9.78 Å². The number of nitro groups is 1. The number of thiophene rings is 1. The highest BCUT2D eigenvalue weighted by Gasteiger charge is 2.21. The van der Waals surface area contributed by atoms with Crippen molar-refractivity contribution in [2.24, 2.45) is 0 Å². The van der Waals surface area contributed by atoms with Gasteiger partial charge < -0.3 is 10.2 Å². The monoisotopic (exact) mass is 431 g/mol. The zero-order valence-corrected chi connectivity index (χ0v) is 16.6. The fourth-order valence-electron chi connectivity index (χ4n) is 3.13. The number of carbonyl (C=O) groups is 2. The van der Waals surface area contributed by atoms with Crippen LogP contribution in [0.15, 0.2) is 29.1 Å². The van der Waals surface area contributed by atoms with Gasteiger partial charge in [-0.1, -0.05) is 12.1 Å². The maximum atomic E-state index is 13.1. The van der Waals surface area contributed by atoms with Crippen LogP contribution in [-0.4, -0.2) is 36.6 Å². The fourth-order valence-corrected chi connectivity index (χ4v) is 4.16. The maximum absolute atomic E-state index is 13.1. The molecule has 2 N–H and O–H groups in total. The Labute approximate surface area is 173 Å². The largest absolute Gasteiger partial charge is 0.481 e. The van der Waals surface area contributed by atoms with Gasteiger partial charge in [0.05, 0.1) is 10.3 Å². The van der Waals surface area contributed by atoms with E-state index in [0.717, 1.165) is 11.3 Å². The minimum atomic E-state index is -1.15. The second kappa shape index (κ2) is 8.41. The van der Waals surface area contributed by atoms with Crippen molar-refractivity contribution in [1.82, 2.24) is 9.55 Å². The zero-order valence-electron chi connectivity index (χ0n) is 15.8. The van der Waals surface area contributed by atoms with E-state index in [1.807, 2.05) is 0 Å². The number of aromatic carboxylic acids is 1. The third kappa shape index (κ3) is 4.20. The van der Waals surface area contributed by atoms with Crippen molar-refractivity contribution in [3.05, 3.63) is 66.6 Å². The first-order chi connectivity index (χ1) is 14.2. The lowest BCUT2D eigenvalue weighted by atomic mass is 10.1. The Morgan fingerprint density at radius 3 is 2.47 bits per heavy atom. The number of aryl methyl sites for hydroxylation is 1. The van der Waals surface area contributed by atoms with E-state index >= 15 is 0 Å². The highest BCUT2D eigenvalue weighted by molar-refractivity contribution is 7.20. The van der Waals surface area contributed by atoms with E-state index in [1.54, 1.807) is 19.1 Å². The third-order valence-electron chi connectivity index (χ3n) is 4.61. The van der Waals surface area contributed by atoms with Crippen LogP contribution >= 0.6 is 11.3 Å². The van der Waals surface area contributed by atoms with Crippen molar-refractivity contribution < 1.29 is 24.7 Å². The van der Waals surface area contributed by atoms with Crippen LogP contribution in [0.3, 0.4) is 0 Å². The molecule has 0 unspecified atom stereocenters. The van der Waals surface area contributed by atoms with E-state index in [2.05, 4.69) is 4.98 Å². The summed E-state index contributed by atoms with van der Waals surface area (Å²) in [5.41, 5.74) is 0.504. The first-order valence-electron chi connectivity index (χ1n) is 8.90. The summed E-state index contributed by atoms with van der Waals surface area (Å²) >= 11 is 0.907. The summed E-state index contributed by atoms with van der Waals surface area (Å²) in [6, 6.07) is 5.80. The maximum Gasteiger partial charge on any atom is 0.346 e. The van der Waals surface area contributed by atoms with Gasteiger partial charge >= 0.3 is 11.9 Å². The van der Waals surface area contributed by atoms with E-state index in [1.165, 1.54) is 16.7 Å². The summed E-state index contributed by atoms with van der Waals surface area (Å²) < 4.78 is 1.36. The van der Waals surface area contributed by atoms with Crippen molar-refractivity contribution in [2.45, 2.75) is 32.7 Å². The van der Waals surface area contributed by atoms with Crippen LogP contribution < -0.4 is 5.56 Å². The third-order valence-corrected chi connectivity index (χ3v) is 5.78. The number of rotatable bonds is 8. The summed E-state index contributed by atoms with van der Waals surface area (Å²) in [6.07, 6.45) is 0.241. The fraction of sp³-hybridized carbons (Fsp3) is 0.263. The summed E-state index contributed by atoms with van der Waals surface area (Å²) in [5, 5.41) is 29.3. The Morgan fingerprint density at radius 1 is 1.23 bits per heavy atom. The van der Waals surface area contributed by atoms with Crippen molar-refractivity contribution in [1.29, 1.82) is 0 Å². The Balaban J connectivity index is 2.09. The number of nitro benzene ring substituents is 1. The molecule has 1 aromatic carbocycles. The molecule has 11 heteroatoms. The van der Waals surface area contributed by atoms with E-state index in [9.17, 15) is 29.6 Å². The number of benzene rings is 1. The molecule has 3 aromatic rings. The summed E-state index contributed by atoms with van der Waals surface area (Å²) in [6.45, 7) is 1.65. The molecule has 0 saturated carbocycles. The molecule has 0 aliphatic rings. The van der Waals surface area contributed by atoms with Gasteiger partial charge in [-0.2, -0.15) is 0 Å². The molecule has 2 heterocycles. The first kappa shape index (κ1) is 21.1. The number of hydrogen-bond donors (Lipinski definition) is 2. The predicted molar refractivity (Wildman–Crippen MR) is 108 cm³/mol. The Hall–Kier alpha value is -3.60. The Bertz CT molecular complexity index is 1210. The van der Waals surface area contributed by atoms with Crippen LogP contribution in [-0.2, 0) is 17.8 Å². The van der Waals surface area contributed by atoms with Gasteiger partial charge in [-0.15, -0.1) is 11.3 Å². The highest BCUT2D eigenvalue weighted by atomic mass is 32.1. The Kier molecular flexibility index (Phi) is 5.92. The molecule has 2 aromatic heterocycles. The summed E-state index contributed by atoms with van der Waals surface area (Å²) in [7, 11) is 0. The lowest BCUT2D eigenvalue weighted by Crippen LogP contribution is -2.26. The van der Waals surface area contributed by atoms with Crippen LogP contribution in [0.5, 0.6) is 0 Å². The van der Waals surface area contributed by atoms with Crippen LogP contribution in [0.25, 0.3) is 10.2 Å². The quantitative estimate of drug-likeness (QED) is 0.408. The minimum absolute atomic E-state index is 0.0270. The van der Waals surface area contributed by atoms with Crippen molar-refractivity contribution in [2.75, 3.05) is 0 Å². The standard InChI is InChI=1S/C19H17N3O7S/c1-10-15-17(30-16(10)19(26)27)20-13(21(18(15)25)8-2-3-14(23)24)9-11-4-6-12(7-5-11)22(28)29/h4-7H,2-3,8-9H2,1H3,(H,23,24)(H,26,27). The van der Waals surface area contributed by atoms with Gasteiger partial charge in [0.15, 0.2) is 0 Å². The summed E-state index contributed by atoms with van der Waals surface area (Å²) in [5.74, 6) is -1.80. The molecule has 0 amide bonds. The van der Waals surface area contributed by atoms with Crippen LogP contribution in [0.2, 0.25) is 0 Å². The smallest absolute Gasteiger partial charge is 0.346 e. The molecule has 30 heavy (non-hydrogen) atoms. The number of non-ortho nitro benzene ring substituents is 1. The molecule has 156 valence electrons. The van der Waals surface area contributed by atoms with E-state index in [4.69, 9.17) is 5.11 Å². The number of fused-ring (bicyclic) bond motifs is 1. The second-order valence-corrected chi connectivity index (χ2v) is 7.62. The van der Waals surface area contributed by atoms with Crippen LogP contribution in [0.4, 0.5) is 5.69 Å². The van der Waals surface area contributed by atoms with Gasteiger partial charge in [0.2, 0.25) is 0 Å². The molecule has 10 nitrogen and oxygen atoms in total. The number of carboxylic acid groups (broad SMARTS) is 2. The minimum Gasteiger partial charge on any atom is -0.481 e. The van der Waals surface area contributed by atoms with Crippen molar-refractivity contribution in [3.63, 3.8) is 0 Å². The lowest BCUT2D eigenvalue weighted by Gasteiger charge is -2.12. The zero-order chi connectivity index (χ0) is 22.0. The predicted octanol–water partition coefficient (Wildman–Crippen LogP) is 2.83. The molecule has 0 radical (unpaired) electrons. The van der Waals surface area contributed by atoms with Gasteiger partial charge in [0, 0.05) is 31.5 Å². The molecule has 3 rings (SSSR count). The molecular formula is C19H17N3O7S. The van der Waals surface area contributed by atoms with Crippen molar-refractivity contribution in [3.8, 4) is 0 Å². The molecule has 0 fully saturated rings. The van der Waals surface area contributed by atoms with E-state index in [-0.39, 0.29) is 41.8 Å². The summed E-state index contributed by atoms with van der Waals surface area (Å²) in [4.78, 5) is 50.5. The van der Waals surface area contributed by atoms with Gasteiger partial charge in [-0.05, 0) is 24.5 Å². The molecular weight excluding hydrogens is 414 g/mol. The van der Waals surface area contributed by atoms with Crippen LogP contribution in [0.1, 0.15) is 39.5 Å². The van der Waals surface area contributed by atoms with Crippen LogP contribution in [0, 0.1) is 17.0 Å². The van der Waals surface area contributed by atoms with Gasteiger partial charge in [0.25, 0.3) is 11.2 Å². The second-order valence-electron chi connectivity index (χ2n) is 6.62. The lowest BCUT2D eigenvalue weighted by molar-refractivity contribution is -0.384. The number of nitrogens with zero attached hydrogens (tertiary/aromatic N) is 3. The average molecular weight is 431 g/mol. The normalized spacial score (nSPS) is 11.0. The Morgan fingerprint density at radius 2 is 1.90 bits per heavy atom.